The summed E-state index contributed by atoms with van der Waals surface area (Å²) in [6.07, 6.45) is 1.96. The Morgan fingerprint density at radius 3 is 2.24 bits per heavy atom. The fraction of sp³-hybridized carbons (Fsp3) is 0.857. The highest BCUT2D eigenvalue weighted by Gasteiger charge is 2.53. The Morgan fingerprint density at radius 1 is 1.10 bits per heavy atom. The lowest BCUT2D eigenvalue weighted by Crippen LogP contribution is -2.41. The van der Waals surface area contributed by atoms with E-state index in [0.717, 1.165) is 37.3 Å². The maximum Gasteiger partial charge on any atom is 0.518 e. The van der Waals surface area contributed by atoms with Gasteiger partial charge in [0.2, 0.25) is 0 Å². The van der Waals surface area contributed by atoms with E-state index < -0.39 is 7.12 Å². The summed E-state index contributed by atoms with van der Waals surface area (Å²) in [5.74, 6) is 0. The van der Waals surface area contributed by atoms with Crippen LogP contribution in [0, 0.1) is 6.92 Å². The van der Waals surface area contributed by atoms with Gasteiger partial charge < -0.3 is 14.0 Å². The van der Waals surface area contributed by atoms with E-state index in [1.54, 1.807) is 0 Å². The van der Waals surface area contributed by atoms with Gasteiger partial charge in [-0.25, -0.2) is 4.68 Å². The van der Waals surface area contributed by atoms with Crippen LogP contribution in [0.15, 0.2) is 0 Å². The van der Waals surface area contributed by atoms with E-state index >= 15 is 0 Å². The standard InChI is InChI=1S/C14H24BN3O3/c1-10-12(15-20-13(2,3)14(4,5)21-15)16-17-18(10)11-6-8-19-9-7-11/h11H,6-9H2,1-5H3. The molecule has 0 unspecified atom stereocenters. The van der Waals surface area contributed by atoms with Crippen molar-refractivity contribution in [2.75, 3.05) is 13.2 Å². The van der Waals surface area contributed by atoms with Gasteiger partial charge in [-0.3, -0.25) is 0 Å². The lowest BCUT2D eigenvalue weighted by Gasteiger charge is -2.32. The molecule has 1 aromatic heterocycles. The Kier molecular flexibility index (Phi) is 3.62. The third-order valence-corrected chi connectivity index (χ3v) is 4.98. The van der Waals surface area contributed by atoms with Crippen molar-refractivity contribution < 1.29 is 14.0 Å². The smallest absolute Gasteiger partial charge is 0.398 e. The molecule has 2 saturated heterocycles. The second-order valence-electron chi connectivity index (χ2n) is 6.94. The van der Waals surface area contributed by atoms with Crippen molar-refractivity contribution in [3.8, 4) is 0 Å². The van der Waals surface area contributed by atoms with Crippen LogP contribution < -0.4 is 5.59 Å². The quantitative estimate of drug-likeness (QED) is 0.768. The Bertz CT molecular complexity index is 508. The van der Waals surface area contributed by atoms with Gasteiger partial charge in [0.25, 0.3) is 0 Å². The Morgan fingerprint density at radius 2 is 1.67 bits per heavy atom. The van der Waals surface area contributed by atoms with Gasteiger partial charge in [-0.05, 0) is 47.5 Å². The van der Waals surface area contributed by atoms with Crippen molar-refractivity contribution in [3.63, 3.8) is 0 Å². The molecule has 2 fully saturated rings. The van der Waals surface area contributed by atoms with Gasteiger partial charge in [-0.2, -0.15) is 0 Å². The minimum atomic E-state index is -0.441. The third kappa shape index (κ3) is 2.51. The van der Waals surface area contributed by atoms with Crippen LogP contribution in [0.5, 0.6) is 0 Å². The molecule has 2 aliphatic heterocycles. The van der Waals surface area contributed by atoms with Gasteiger partial charge in [0.05, 0.1) is 22.9 Å². The van der Waals surface area contributed by atoms with Crippen molar-refractivity contribution in [2.24, 2.45) is 0 Å². The minimum Gasteiger partial charge on any atom is -0.398 e. The van der Waals surface area contributed by atoms with Gasteiger partial charge in [0.15, 0.2) is 0 Å². The largest absolute Gasteiger partial charge is 0.518 e. The molecular formula is C14H24BN3O3. The summed E-state index contributed by atoms with van der Waals surface area (Å²) in [5, 5.41) is 8.66. The molecule has 1 aromatic rings. The molecule has 0 N–H and O–H groups in total. The van der Waals surface area contributed by atoms with E-state index in [2.05, 4.69) is 10.3 Å². The molecule has 0 amide bonds. The zero-order valence-corrected chi connectivity index (χ0v) is 13.5. The summed E-state index contributed by atoms with van der Waals surface area (Å²) in [5.41, 5.74) is 1.11. The van der Waals surface area contributed by atoms with Crippen molar-refractivity contribution in [1.82, 2.24) is 15.0 Å². The molecule has 7 heteroatoms. The minimum absolute atomic E-state index is 0.355. The Labute approximate surface area is 126 Å². The van der Waals surface area contributed by atoms with E-state index in [4.69, 9.17) is 14.0 Å². The molecule has 0 spiro atoms. The highest BCUT2D eigenvalue weighted by Crippen LogP contribution is 2.36. The summed E-state index contributed by atoms with van der Waals surface area (Å²) in [7, 11) is -0.441. The van der Waals surface area contributed by atoms with Gasteiger partial charge in [0, 0.05) is 13.2 Å². The van der Waals surface area contributed by atoms with E-state index in [-0.39, 0.29) is 11.2 Å². The van der Waals surface area contributed by atoms with E-state index in [9.17, 15) is 0 Å². The topological polar surface area (TPSA) is 58.4 Å². The second kappa shape index (κ2) is 5.07. The molecule has 0 bridgehead atoms. The maximum atomic E-state index is 6.07. The number of aromatic nitrogens is 3. The van der Waals surface area contributed by atoms with Crippen molar-refractivity contribution >= 4 is 12.7 Å². The molecule has 21 heavy (non-hydrogen) atoms. The lowest BCUT2D eigenvalue weighted by molar-refractivity contribution is 0.00578. The summed E-state index contributed by atoms with van der Waals surface area (Å²) in [6, 6.07) is 0.363. The number of ether oxygens (including phenoxy) is 1. The first-order chi connectivity index (χ1) is 9.82. The predicted molar refractivity (Wildman–Crippen MR) is 79.6 cm³/mol. The molecule has 0 aliphatic carbocycles. The molecule has 0 saturated carbocycles. The number of nitrogens with zero attached hydrogens (tertiary/aromatic N) is 3. The summed E-state index contributed by atoms with van der Waals surface area (Å²) in [4.78, 5) is 0. The van der Waals surface area contributed by atoms with Crippen LogP contribution in [0.25, 0.3) is 0 Å². The average Bonchev–Trinajstić information content (AvgIpc) is 2.89. The van der Waals surface area contributed by atoms with Crippen LogP contribution in [0.4, 0.5) is 0 Å². The van der Waals surface area contributed by atoms with Gasteiger partial charge in [-0.1, -0.05) is 5.21 Å². The maximum absolute atomic E-state index is 6.07. The first-order valence-electron chi connectivity index (χ1n) is 7.67. The van der Waals surface area contributed by atoms with Crippen LogP contribution in [0.1, 0.15) is 52.3 Å². The Hall–Kier alpha value is -0.915. The highest BCUT2D eigenvalue weighted by molar-refractivity contribution is 6.61. The van der Waals surface area contributed by atoms with Crippen LogP contribution in [-0.4, -0.2) is 46.5 Å². The molecule has 0 atom stereocenters. The van der Waals surface area contributed by atoms with Crippen LogP contribution in [-0.2, 0) is 14.0 Å². The third-order valence-electron chi connectivity index (χ3n) is 4.98. The number of rotatable bonds is 2. The van der Waals surface area contributed by atoms with Gasteiger partial charge in [-0.15, -0.1) is 5.10 Å². The van der Waals surface area contributed by atoms with Crippen LogP contribution in [0.2, 0.25) is 0 Å². The fourth-order valence-corrected chi connectivity index (χ4v) is 2.80. The number of hydrogen-bond donors (Lipinski definition) is 0. The molecule has 3 rings (SSSR count). The van der Waals surface area contributed by atoms with Gasteiger partial charge in [0.1, 0.15) is 5.59 Å². The molecule has 116 valence electrons. The first kappa shape index (κ1) is 15.0. The average molecular weight is 293 g/mol. The molecular weight excluding hydrogens is 269 g/mol. The fourth-order valence-electron chi connectivity index (χ4n) is 2.80. The summed E-state index contributed by atoms with van der Waals surface area (Å²) in [6.45, 7) is 11.8. The predicted octanol–water partition coefficient (Wildman–Crippen LogP) is 1.24. The molecule has 0 radical (unpaired) electrons. The highest BCUT2D eigenvalue weighted by atomic mass is 16.7. The molecule has 3 heterocycles. The van der Waals surface area contributed by atoms with Gasteiger partial charge >= 0.3 is 7.12 Å². The van der Waals surface area contributed by atoms with Crippen LogP contribution in [0.3, 0.4) is 0 Å². The van der Waals surface area contributed by atoms with E-state index in [0.29, 0.717) is 6.04 Å². The Balaban J connectivity index is 1.83. The normalized spacial score (nSPS) is 25.5. The lowest BCUT2D eigenvalue weighted by atomic mass is 9.83. The first-order valence-corrected chi connectivity index (χ1v) is 7.67. The molecule has 2 aliphatic rings. The zero-order chi connectivity index (χ0) is 15.3. The monoisotopic (exact) mass is 293 g/mol. The van der Waals surface area contributed by atoms with E-state index in [1.807, 2.05) is 39.3 Å². The summed E-state index contributed by atoms with van der Waals surface area (Å²) >= 11 is 0. The SMILES string of the molecule is Cc1c(B2OC(C)(C)C(C)(C)O2)nnn1C1CCOCC1. The van der Waals surface area contributed by atoms with E-state index in [1.165, 1.54) is 0 Å². The number of hydrogen-bond acceptors (Lipinski definition) is 5. The molecule has 0 aromatic carbocycles. The summed E-state index contributed by atoms with van der Waals surface area (Å²) < 4.78 is 19.6. The van der Waals surface area contributed by atoms with Crippen molar-refractivity contribution in [1.29, 1.82) is 0 Å². The molecule has 6 nitrogen and oxygen atoms in total. The second-order valence-corrected chi connectivity index (χ2v) is 6.94. The van der Waals surface area contributed by atoms with Crippen molar-refractivity contribution in [3.05, 3.63) is 5.69 Å². The zero-order valence-electron chi connectivity index (χ0n) is 13.5. The van der Waals surface area contributed by atoms with Crippen molar-refractivity contribution in [2.45, 2.75) is 64.7 Å². The van der Waals surface area contributed by atoms with Crippen LogP contribution >= 0.6 is 0 Å².